The first-order valence-electron chi connectivity index (χ1n) is 6.26. The van der Waals surface area contributed by atoms with Crippen LogP contribution in [0.5, 0.6) is 0 Å². The number of hydrogen-bond acceptors (Lipinski definition) is 2. The van der Waals surface area contributed by atoms with Gasteiger partial charge in [0.05, 0.1) is 0 Å². The van der Waals surface area contributed by atoms with Gasteiger partial charge in [0.2, 0.25) is 0 Å². The Morgan fingerprint density at radius 2 is 2.00 bits per heavy atom. The van der Waals surface area contributed by atoms with E-state index in [1.165, 1.54) is 24.0 Å². The van der Waals surface area contributed by atoms with Crippen LogP contribution in [-0.2, 0) is 0 Å². The van der Waals surface area contributed by atoms with Crippen molar-refractivity contribution in [3.05, 3.63) is 34.3 Å². The van der Waals surface area contributed by atoms with Crippen LogP contribution in [0.25, 0.3) is 0 Å². The number of aryl methyl sites for hydroxylation is 1. The number of rotatable bonds is 6. The molecule has 0 aliphatic heterocycles. The van der Waals surface area contributed by atoms with Crippen LogP contribution in [0, 0.1) is 12.8 Å². The lowest BCUT2D eigenvalue weighted by atomic mass is 9.95. The van der Waals surface area contributed by atoms with E-state index in [0.717, 1.165) is 17.4 Å². The molecular formula is C14H23ClN2. The van der Waals surface area contributed by atoms with E-state index in [-0.39, 0.29) is 6.04 Å². The molecule has 0 spiro atoms. The normalized spacial score (nSPS) is 13.1. The van der Waals surface area contributed by atoms with Gasteiger partial charge in [-0.05, 0) is 42.5 Å². The molecule has 0 aliphatic carbocycles. The first-order chi connectivity index (χ1) is 8.04. The molecule has 1 aromatic rings. The molecule has 0 saturated heterocycles. The predicted octanol–water partition coefficient (Wildman–Crippen LogP) is 3.98. The van der Waals surface area contributed by atoms with Gasteiger partial charge in [-0.2, -0.15) is 0 Å². The van der Waals surface area contributed by atoms with Gasteiger partial charge < -0.3 is 0 Å². The number of halogens is 1. The minimum Gasteiger partial charge on any atom is -0.271 e. The Hall–Kier alpha value is -0.570. The Bertz CT molecular complexity index is 350. The van der Waals surface area contributed by atoms with Gasteiger partial charge in [0, 0.05) is 11.1 Å². The van der Waals surface area contributed by atoms with Crippen molar-refractivity contribution in [3.63, 3.8) is 0 Å². The number of nitrogens with two attached hydrogens (primary N) is 1. The van der Waals surface area contributed by atoms with E-state index < -0.39 is 0 Å². The summed E-state index contributed by atoms with van der Waals surface area (Å²) in [4.78, 5) is 0. The maximum atomic E-state index is 6.03. The fraction of sp³-hybridized carbons (Fsp3) is 0.571. The van der Waals surface area contributed by atoms with E-state index in [1.54, 1.807) is 0 Å². The number of hydrogen-bond donors (Lipinski definition) is 2. The van der Waals surface area contributed by atoms with Crippen LogP contribution in [0.4, 0.5) is 0 Å². The van der Waals surface area contributed by atoms with Crippen molar-refractivity contribution in [2.75, 3.05) is 0 Å². The zero-order valence-electron chi connectivity index (χ0n) is 11.0. The predicted molar refractivity (Wildman–Crippen MR) is 74.9 cm³/mol. The first-order valence-corrected chi connectivity index (χ1v) is 6.64. The average molecular weight is 255 g/mol. The van der Waals surface area contributed by atoms with E-state index in [2.05, 4.69) is 26.2 Å². The molecule has 1 unspecified atom stereocenters. The van der Waals surface area contributed by atoms with Crippen LogP contribution in [0.3, 0.4) is 0 Å². The van der Waals surface area contributed by atoms with Crippen molar-refractivity contribution in [3.8, 4) is 0 Å². The van der Waals surface area contributed by atoms with Crippen LogP contribution >= 0.6 is 11.6 Å². The Balaban J connectivity index is 2.68. The van der Waals surface area contributed by atoms with E-state index in [1.807, 2.05) is 18.2 Å². The first kappa shape index (κ1) is 14.5. The van der Waals surface area contributed by atoms with Crippen molar-refractivity contribution in [2.24, 2.45) is 11.8 Å². The second-order valence-corrected chi connectivity index (χ2v) is 5.48. The standard InChI is InChI=1S/C14H23ClN2/c1-10(2)5-4-6-14(17-16)13-9-12(15)8-7-11(13)3/h7-10,14,17H,4-6,16H2,1-3H3. The number of nitrogens with one attached hydrogen (secondary N) is 1. The zero-order valence-corrected chi connectivity index (χ0v) is 11.7. The van der Waals surface area contributed by atoms with Crippen LogP contribution < -0.4 is 11.3 Å². The average Bonchev–Trinajstić information content (AvgIpc) is 2.28. The van der Waals surface area contributed by atoms with Crippen molar-refractivity contribution in [1.29, 1.82) is 0 Å². The lowest BCUT2D eigenvalue weighted by Gasteiger charge is -2.19. The molecule has 0 heterocycles. The fourth-order valence-electron chi connectivity index (χ4n) is 2.05. The highest BCUT2D eigenvalue weighted by Gasteiger charge is 2.12. The Kier molecular flexibility index (Phi) is 5.96. The minimum atomic E-state index is 0.201. The lowest BCUT2D eigenvalue weighted by Crippen LogP contribution is -2.28. The maximum absolute atomic E-state index is 6.03. The van der Waals surface area contributed by atoms with Crippen LogP contribution in [0.15, 0.2) is 18.2 Å². The fourth-order valence-corrected chi connectivity index (χ4v) is 2.23. The molecule has 1 atom stereocenters. The monoisotopic (exact) mass is 254 g/mol. The Labute approximate surface area is 110 Å². The van der Waals surface area contributed by atoms with Crippen molar-refractivity contribution < 1.29 is 0 Å². The molecule has 96 valence electrons. The number of benzene rings is 1. The molecule has 0 aliphatic rings. The van der Waals surface area contributed by atoms with Crippen LogP contribution in [0.2, 0.25) is 5.02 Å². The molecule has 0 amide bonds. The van der Waals surface area contributed by atoms with E-state index in [9.17, 15) is 0 Å². The third-order valence-electron chi connectivity index (χ3n) is 3.09. The van der Waals surface area contributed by atoms with Gasteiger partial charge in [0.25, 0.3) is 0 Å². The largest absolute Gasteiger partial charge is 0.271 e. The lowest BCUT2D eigenvalue weighted by molar-refractivity contribution is 0.454. The van der Waals surface area contributed by atoms with E-state index >= 15 is 0 Å². The highest BCUT2D eigenvalue weighted by molar-refractivity contribution is 6.30. The van der Waals surface area contributed by atoms with Gasteiger partial charge in [-0.15, -0.1) is 0 Å². The van der Waals surface area contributed by atoms with E-state index in [0.29, 0.717) is 0 Å². The van der Waals surface area contributed by atoms with Crippen molar-refractivity contribution in [2.45, 2.75) is 46.1 Å². The summed E-state index contributed by atoms with van der Waals surface area (Å²) in [5, 5.41) is 0.773. The van der Waals surface area contributed by atoms with Gasteiger partial charge in [0.1, 0.15) is 0 Å². The summed E-state index contributed by atoms with van der Waals surface area (Å²) in [6.07, 6.45) is 3.46. The topological polar surface area (TPSA) is 38.0 Å². The third kappa shape index (κ3) is 4.66. The maximum Gasteiger partial charge on any atom is 0.0463 e. The molecule has 0 fully saturated rings. The quantitative estimate of drug-likeness (QED) is 0.595. The van der Waals surface area contributed by atoms with Gasteiger partial charge in [-0.25, -0.2) is 0 Å². The molecular weight excluding hydrogens is 232 g/mol. The summed E-state index contributed by atoms with van der Waals surface area (Å²) in [6.45, 7) is 6.59. The molecule has 1 aromatic carbocycles. The van der Waals surface area contributed by atoms with Crippen LogP contribution in [0.1, 0.15) is 50.3 Å². The second-order valence-electron chi connectivity index (χ2n) is 5.04. The van der Waals surface area contributed by atoms with E-state index in [4.69, 9.17) is 17.4 Å². The molecule has 0 saturated carbocycles. The third-order valence-corrected chi connectivity index (χ3v) is 3.33. The molecule has 3 N–H and O–H groups in total. The van der Waals surface area contributed by atoms with Crippen molar-refractivity contribution in [1.82, 2.24) is 5.43 Å². The number of hydrazine groups is 1. The molecule has 17 heavy (non-hydrogen) atoms. The van der Waals surface area contributed by atoms with Crippen molar-refractivity contribution >= 4 is 11.6 Å². The molecule has 1 rings (SSSR count). The Morgan fingerprint density at radius 1 is 1.29 bits per heavy atom. The van der Waals surface area contributed by atoms with Gasteiger partial charge in [-0.3, -0.25) is 11.3 Å². The van der Waals surface area contributed by atoms with Gasteiger partial charge in [-0.1, -0.05) is 44.4 Å². The highest BCUT2D eigenvalue weighted by atomic mass is 35.5. The summed E-state index contributed by atoms with van der Waals surface area (Å²) in [5.74, 6) is 6.39. The summed E-state index contributed by atoms with van der Waals surface area (Å²) in [6, 6.07) is 6.18. The molecule has 0 aromatic heterocycles. The molecule has 0 radical (unpaired) electrons. The summed E-state index contributed by atoms with van der Waals surface area (Å²) in [7, 11) is 0. The smallest absolute Gasteiger partial charge is 0.0463 e. The highest BCUT2D eigenvalue weighted by Crippen LogP contribution is 2.25. The SMILES string of the molecule is Cc1ccc(Cl)cc1C(CCCC(C)C)NN. The molecule has 3 heteroatoms. The van der Waals surface area contributed by atoms with Gasteiger partial charge >= 0.3 is 0 Å². The van der Waals surface area contributed by atoms with Crippen LogP contribution in [-0.4, -0.2) is 0 Å². The molecule has 0 bridgehead atoms. The zero-order chi connectivity index (χ0) is 12.8. The summed E-state index contributed by atoms with van der Waals surface area (Å²) < 4.78 is 0. The Morgan fingerprint density at radius 3 is 2.59 bits per heavy atom. The van der Waals surface area contributed by atoms with Gasteiger partial charge in [0.15, 0.2) is 0 Å². The summed E-state index contributed by atoms with van der Waals surface area (Å²) >= 11 is 6.03. The molecule has 2 nitrogen and oxygen atoms in total. The minimum absolute atomic E-state index is 0.201. The summed E-state index contributed by atoms with van der Waals surface area (Å²) in [5.41, 5.74) is 5.35. The second kappa shape index (κ2) is 7.00.